The van der Waals surface area contributed by atoms with Crippen LogP contribution in [-0.2, 0) is 4.74 Å². The van der Waals surface area contributed by atoms with E-state index in [-0.39, 0.29) is 6.03 Å². The molecule has 1 aromatic carbocycles. The van der Waals surface area contributed by atoms with E-state index in [1.165, 1.54) is 12.7 Å². The highest BCUT2D eigenvalue weighted by atomic mass is 16.5. The van der Waals surface area contributed by atoms with Crippen LogP contribution in [0.3, 0.4) is 0 Å². The Morgan fingerprint density at radius 1 is 1.19 bits per heavy atom. The van der Waals surface area contributed by atoms with E-state index in [1.54, 1.807) is 11.0 Å². The first-order valence-electron chi connectivity index (χ1n) is 9.13. The third-order valence-electron chi connectivity index (χ3n) is 4.95. The van der Waals surface area contributed by atoms with E-state index in [0.29, 0.717) is 6.10 Å². The smallest absolute Gasteiger partial charge is 0.321 e. The lowest BCUT2D eigenvalue weighted by atomic mass is 10.2. The zero-order valence-electron chi connectivity index (χ0n) is 14.8. The van der Waals surface area contributed by atoms with Gasteiger partial charge in [0.1, 0.15) is 12.7 Å². The molecule has 2 saturated heterocycles. The molecular weight excluding hydrogens is 332 g/mol. The van der Waals surface area contributed by atoms with Crippen molar-refractivity contribution in [2.75, 3.05) is 44.6 Å². The van der Waals surface area contributed by atoms with Crippen LogP contribution < -0.4 is 5.32 Å². The number of anilines is 1. The fourth-order valence-corrected chi connectivity index (χ4v) is 3.45. The number of nitrogens with zero attached hydrogens (tertiary/aromatic N) is 5. The topological polar surface area (TPSA) is 75.5 Å². The largest absolute Gasteiger partial charge is 0.377 e. The molecule has 8 nitrogen and oxygen atoms in total. The Labute approximate surface area is 152 Å². The summed E-state index contributed by atoms with van der Waals surface area (Å²) >= 11 is 0. The van der Waals surface area contributed by atoms with Crippen LogP contribution in [-0.4, -0.2) is 76.0 Å². The third-order valence-corrected chi connectivity index (χ3v) is 4.95. The average Bonchev–Trinajstić information content (AvgIpc) is 3.37. The van der Waals surface area contributed by atoms with Crippen LogP contribution in [0.25, 0.3) is 5.69 Å². The lowest BCUT2D eigenvalue weighted by molar-refractivity contribution is 0.0572. The first-order chi connectivity index (χ1) is 12.8. The Morgan fingerprint density at radius 2 is 2.00 bits per heavy atom. The van der Waals surface area contributed by atoms with E-state index in [4.69, 9.17) is 4.74 Å². The molecule has 26 heavy (non-hydrogen) atoms. The lowest BCUT2D eigenvalue weighted by Gasteiger charge is -2.35. The van der Waals surface area contributed by atoms with Crippen molar-refractivity contribution >= 4 is 11.7 Å². The molecule has 2 amide bonds. The van der Waals surface area contributed by atoms with Crippen molar-refractivity contribution in [2.45, 2.75) is 18.9 Å². The van der Waals surface area contributed by atoms with Gasteiger partial charge in [0.15, 0.2) is 0 Å². The molecule has 2 fully saturated rings. The number of amides is 2. The summed E-state index contributed by atoms with van der Waals surface area (Å²) in [6.45, 7) is 5.17. The lowest BCUT2D eigenvalue weighted by Crippen LogP contribution is -2.51. The van der Waals surface area contributed by atoms with Crippen LogP contribution in [0.2, 0.25) is 0 Å². The molecule has 4 rings (SSSR count). The molecular formula is C18H24N6O2. The summed E-state index contributed by atoms with van der Waals surface area (Å²) in [7, 11) is 0. The Bertz CT molecular complexity index is 704. The van der Waals surface area contributed by atoms with E-state index in [1.807, 2.05) is 29.2 Å². The quantitative estimate of drug-likeness (QED) is 0.900. The van der Waals surface area contributed by atoms with Gasteiger partial charge in [-0.15, -0.1) is 0 Å². The third kappa shape index (κ3) is 4.03. The van der Waals surface area contributed by atoms with Gasteiger partial charge in [-0.25, -0.2) is 14.5 Å². The van der Waals surface area contributed by atoms with Crippen molar-refractivity contribution in [3.8, 4) is 5.69 Å². The molecule has 2 aromatic rings. The van der Waals surface area contributed by atoms with Crippen LogP contribution >= 0.6 is 0 Å². The van der Waals surface area contributed by atoms with Gasteiger partial charge in [0, 0.05) is 45.0 Å². The summed E-state index contributed by atoms with van der Waals surface area (Å²) in [4.78, 5) is 20.7. The zero-order chi connectivity index (χ0) is 17.8. The summed E-state index contributed by atoms with van der Waals surface area (Å²) < 4.78 is 7.38. The monoisotopic (exact) mass is 356 g/mol. The minimum atomic E-state index is -0.0460. The first kappa shape index (κ1) is 17.0. The van der Waals surface area contributed by atoms with Crippen LogP contribution in [0.15, 0.2) is 36.9 Å². The fourth-order valence-electron chi connectivity index (χ4n) is 3.45. The summed E-state index contributed by atoms with van der Waals surface area (Å²) in [5.41, 5.74) is 1.68. The SMILES string of the molecule is O=C(Nc1ccc(-n2cncn2)cc1)N1CCN(CC2CCCO2)CC1. The van der Waals surface area contributed by atoms with E-state index in [9.17, 15) is 4.79 Å². The van der Waals surface area contributed by atoms with Gasteiger partial charge in [-0.05, 0) is 37.1 Å². The molecule has 0 aliphatic carbocycles. The van der Waals surface area contributed by atoms with Gasteiger partial charge in [-0.2, -0.15) is 5.10 Å². The van der Waals surface area contributed by atoms with E-state index >= 15 is 0 Å². The maximum absolute atomic E-state index is 12.5. The Kier molecular flexibility index (Phi) is 5.12. The Hall–Kier alpha value is -2.45. The predicted octanol–water partition coefficient (Wildman–Crippen LogP) is 1.60. The Morgan fingerprint density at radius 3 is 2.65 bits per heavy atom. The standard InChI is InChI=1S/C18H24N6O2/c25-18(21-15-3-5-16(6-4-15)24-14-19-13-20-24)23-9-7-22(8-10-23)12-17-2-1-11-26-17/h3-6,13-14,17H,1-2,7-12H2,(H,21,25). The number of piperazine rings is 1. The fraction of sp³-hybridized carbons (Fsp3) is 0.500. The van der Waals surface area contributed by atoms with Gasteiger partial charge in [-0.1, -0.05) is 0 Å². The average molecular weight is 356 g/mol. The van der Waals surface area contributed by atoms with Gasteiger partial charge < -0.3 is 15.0 Å². The molecule has 1 unspecified atom stereocenters. The van der Waals surface area contributed by atoms with Crippen molar-refractivity contribution in [3.63, 3.8) is 0 Å². The molecule has 0 saturated carbocycles. The van der Waals surface area contributed by atoms with Crippen LogP contribution in [0.5, 0.6) is 0 Å². The van der Waals surface area contributed by atoms with E-state index in [0.717, 1.165) is 57.1 Å². The number of nitrogens with one attached hydrogen (secondary N) is 1. The van der Waals surface area contributed by atoms with Crippen molar-refractivity contribution in [1.82, 2.24) is 24.6 Å². The first-order valence-corrected chi connectivity index (χ1v) is 9.13. The molecule has 1 atom stereocenters. The van der Waals surface area contributed by atoms with Crippen molar-refractivity contribution in [1.29, 1.82) is 0 Å². The number of urea groups is 1. The number of carbonyl (C=O) groups is 1. The van der Waals surface area contributed by atoms with Crippen molar-refractivity contribution in [2.24, 2.45) is 0 Å². The molecule has 2 aliphatic heterocycles. The van der Waals surface area contributed by atoms with Gasteiger partial charge in [0.05, 0.1) is 11.8 Å². The Balaban J connectivity index is 1.26. The summed E-state index contributed by atoms with van der Waals surface area (Å²) in [5, 5.41) is 7.06. The van der Waals surface area contributed by atoms with Crippen molar-refractivity contribution < 1.29 is 9.53 Å². The van der Waals surface area contributed by atoms with Gasteiger partial charge in [-0.3, -0.25) is 4.90 Å². The molecule has 0 bridgehead atoms. The highest BCUT2D eigenvalue weighted by Crippen LogP contribution is 2.16. The highest BCUT2D eigenvalue weighted by Gasteiger charge is 2.24. The zero-order valence-corrected chi connectivity index (χ0v) is 14.8. The van der Waals surface area contributed by atoms with E-state index in [2.05, 4.69) is 20.3 Å². The predicted molar refractivity (Wildman–Crippen MR) is 97.4 cm³/mol. The minimum Gasteiger partial charge on any atom is -0.377 e. The molecule has 0 spiro atoms. The second kappa shape index (κ2) is 7.84. The second-order valence-electron chi connectivity index (χ2n) is 6.74. The minimum absolute atomic E-state index is 0.0460. The molecule has 1 N–H and O–H groups in total. The number of hydrogen-bond donors (Lipinski definition) is 1. The number of aromatic nitrogens is 3. The summed E-state index contributed by atoms with van der Waals surface area (Å²) in [5.74, 6) is 0. The molecule has 8 heteroatoms. The van der Waals surface area contributed by atoms with Crippen LogP contribution in [0.4, 0.5) is 10.5 Å². The van der Waals surface area contributed by atoms with Crippen LogP contribution in [0.1, 0.15) is 12.8 Å². The summed E-state index contributed by atoms with van der Waals surface area (Å²) in [6, 6.07) is 7.52. The van der Waals surface area contributed by atoms with Crippen LogP contribution in [0, 0.1) is 0 Å². The number of benzene rings is 1. The van der Waals surface area contributed by atoms with E-state index < -0.39 is 0 Å². The van der Waals surface area contributed by atoms with Gasteiger partial charge >= 0.3 is 6.03 Å². The van der Waals surface area contributed by atoms with Crippen molar-refractivity contribution in [3.05, 3.63) is 36.9 Å². The second-order valence-corrected chi connectivity index (χ2v) is 6.74. The number of carbonyl (C=O) groups excluding carboxylic acids is 1. The molecule has 0 radical (unpaired) electrons. The van der Waals surface area contributed by atoms with Gasteiger partial charge in [0.25, 0.3) is 0 Å². The molecule has 2 aliphatic rings. The number of hydrogen-bond acceptors (Lipinski definition) is 5. The number of ether oxygens (including phenoxy) is 1. The molecule has 1 aromatic heterocycles. The summed E-state index contributed by atoms with van der Waals surface area (Å²) in [6.07, 6.45) is 5.84. The molecule has 3 heterocycles. The maximum Gasteiger partial charge on any atom is 0.321 e. The highest BCUT2D eigenvalue weighted by molar-refractivity contribution is 5.89. The molecule has 138 valence electrons. The maximum atomic E-state index is 12.5. The number of rotatable bonds is 4. The normalized spacial score (nSPS) is 21.1. The van der Waals surface area contributed by atoms with Gasteiger partial charge in [0.2, 0.25) is 0 Å².